The Kier molecular flexibility index (Phi) is 9.48. The summed E-state index contributed by atoms with van der Waals surface area (Å²) in [6.45, 7) is 10.4. The highest BCUT2D eigenvalue weighted by atomic mass is 32.2. The second-order valence-corrected chi connectivity index (χ2v) is 11.3. The fourth-order valence-corrected chi connectivity index (χ4v) is 5.29. The standard InChI is InChI=1S/C21H33N2.C7H8O3S/c1-3-23(2)17-15-22(16-18-23)21(20-13-9-6-10-14-20)19-11-7-4-5-8-12-19;1-6-2-4-7(5-3-6)11(8,9)10/h6,9-11,13-14,21H,3-5,7-8,12,15-18H2,1-2H3;2-5H,1H3,(H,8,9,10)/q+1;/p-1. The van der Waals surface area contributed by atoms with Crippen molar-refractivity contribution in [2.45, 2.75) is 56.9 Å². The molecule has 2 aliphatic rings. The first-order valence-electron chi connectivity index (χ1n) is 12.6. The van der Waals surface area contributed by atoms with E-state index in [0.717, 1.165) is 5.56 Å². The van der Waals surface area contributed by atoms with E-state index < -0.39 is 10.1 Å². The van der Waals surface area contributed by atoms with E-state index in [2.05, 4.69) is 55.3 Å². The molecule has 2 aromatic carbocycles. The predicted molar refractivity (Wildman–Crippen MR) is 138 cm³/mol. The van der Waals surface area contributed by atoms with Crippen LogP contribution in [-0.2, 0) is 10.1 Å². The third-order valence-corrected chi connectivity index (χ3v) is 8.18. The lowest BCUT2D eigenvalue weighted by atomic mass is 9.93. The van der Waals surface area contributed by atoms with Crippen LogP contribution >= 0.6 is 0 Å². The van der Waals surface area contributed by atoms with E-state index in [0.29, 0.717) is 6.04 Å². The third-order valence-electron chi connectivity index (χ3n) is 7.33. The zero-order valence-electron chi connectivity index (χ0n) is 20.9. The average Bonchev–Trinajstić information content (AvgIpc) is 3.11. The number of allylic oxidation sites excluding steroid dienone is 1. The molecule has 0 amide bonds. The number of nitrogens with zero attached hydrogens (tertiary/aromatic N) is 2. The monoisotopic (exact) mass is 484 g/mol. The summed E-state index contributed by atoms with van der Waals surface area (Å²) in [6.07, 6.45) is 9.26. The highest BCUT2D eigenvalue weighted by molar-refractivity contribution is 7.85. The van der Waals surface area contributed by atoms with Gasteiger partial charge in [0.05, 0.1) is 37.6 Å². The molecule has 1 aliphatic heterocycles. The topological polar surface area (TPSA) is 60.4 Å². The summed E-state index contributed by atoms with van der Waals surface area (Å²) in [5, 5.41) is 0. The fourth-order valence-electron chi connectivity index (χ4n) is 4.83. The molecule has 1 heterocycles. The van der Waals surface area contributed by atoms with Gasteiger partial charge in [0.1, 0.15) is 10.1 Å². The van der Waals surface area contributed by atoms with Gasteiger partial charge in [-0.3, -0.25) is 4.90 Å². The molecule has 6 heteroatoms. The smallest absolute Gasteiger partial charge is 0.124 e. The fraction of sp³-hybridized carbons (Fsp3) is 0.500. The average molecular weight is 485 g/mol. The lowest BCUT2D eigenvalue weighted by molar-refractivity contribution is -0.912. The highest BCUT2D eigenvalue weighted by Gasteiger charge is 2.32. The van der Waals surface area contributed by atoms with Gasteiger partial charge in [-0.2, -0.15) is 0 Å². The summed E-state index contributed by atoms with van der Waals surface area (Å²) in [5.41, 5.74) is 4.10. The molecule has 0 N–H and O–H groups in total. The highest BCUT2D eigenvalue weighted by Crippen LogP contribution is 2.35. The van der Waals surface area contributed by atoms with Crippen LogP contribution in [0.2, 0.25) is 0 Å². The number of hydrogen-bond donors (Lipinski definition) is 0. The maximum atomic E-state index is 10.4. The number of quaternary nitrogens is 1. The Bertz CT molecular complexity index is 1030. The zero-order valence-corrected chi connectivity index (χ0v) is 21.8. The van der Waals surface area contributed by atoms with Gasteiger partial charge < -0.3 is 9.04 Å². The molecule has 1 fully saturated rings. The van der Waals surface area contributed by atoms with E-state index >= 15 is 0 Å². The maximum Gasteiger partial charge on any atom is 0.124 e. The summed E-state index contributed by atoms with van der Waals surface area (Å²) >= 11 is 0. The van der Waals surface area contributed by atoms with E-state index in [1.807, 2.05) is 6.92 Å². The summed E-state index contributed by atoms with van der Waals surface area (Å²) in [5.74, 6) is 0. The van der Waals surface area contributed by atoms with Crippen LogP contribution in [-0.4, -0.2) is 62.1 Å². The Hall–Kier alpha value is -1.99. The summed E-state index contributed by atoms with van der Waals surface area (Å²) in [4.78, 5) is 2.57. The summed E-state index contributed by atoms with van der Waals surface area (Å²) < 4.78 is 32.4. The number of benzene rings is 2. The van der Waals surface area contributed by atoms with Crippen LogP contribution in [0.15, 0.2) is 71.1 Å². The molecule has 0 aromatic heterocycles. The van der Waals surface area contributed by atoms with Crippen molar-refractivity contribution in [3.8, 4) is 0 Å². The molecule has 2 aromatic rings. The second kappa shape index (κ2) is 12.1. The van der Waals surface area contributed by atoms with Gasteiger partial charge >= 0.3 is 0 Å². The SMILES string of the molecule is CC[N+]1(C)CCN(C(C2=CCCCCC2)c2ccccc2)CC1.Cc1ccc(S(=O)(=O)[O-])cc1. The lowest BCUT2D eigenvalue weighted by Crippen LogP contribution is -2.57. The van der Waals surface area contributed by atoms with Crippen molar-refractivity contribution in [1.82, 2.24) is 4.90 Å². The van der Waals surface area contributed by atoms with Gasteiger partial charge in [-0.15, -0.1) is 0 Å². The molecular weight excluding hydrogens is 444 g/mol. The van der Waals surface area contributed by atoms with Gasteiger partial charge in [0.15, 0.2) is 0 Å². The molecule has 0 bridgehead atoms. The van der Waals surface area contributed by atoms with E-state index in [1.54, 1.807) is 17.7 Å². The van der Waals surface area contributed by atoms with Crippen molar-refractivity contribution >= 4 is 10.1 Å². The van der Waals surface area contributed by atoms with Crippen molar-refractivity contribution in [1.29, 1.82) is 0 Å². The Morgan fingerprint density at radius 2 is 1.62 bits per heavy atom. The van der Waals surface area contributed by atoms with Crippen molar-refractivity contribution in [2.24, 2.45) is 0 Å². The Morgan fingerprint density at radius 3 is 2.21 bits per heavy atom. The van der Waals surface area contributed by atoms with Gasteiger partial charge in [-0.25, -0.2) is 8.42 Å². The summed E-state index contributed by atoms with van der Waals surface area (Å²) in [7, 11) is -1.85. The third kappa shape index (κ3) is 7.51. The normalized spacial score (nSPS) is 19.8. The van der Waals surface area contributed by atoms with Crippen LogP contribution in [0.4, 0.5) is 0 Å². The van der Waals surface area contributed by atoms with Crippen LogP contribution in [0, 0.1) is 6.92 Å². The largest absolute Gasteiger partial charge is 0.744 e. The number of aryl methyl sites for hydroxylation is 1. The number of hydrogen-bond acceptors (Lipinski definition) is 4. The van der Waals surface area contributed by atoms with Crippen molar-refractivity contribution < 1.29 is 17.5 Å². The van der Waals surface area contributed by atoms with Crippen molar-refractivity contribution in [2.75, 3.05) is 39.8 Å². The molecule has 1 aliphatic carbocycles. The van der Waals surface area contributed by atoms with Crippen LogP contribution in [0.3, 0.4) is 0 Å². The molecule has 0 saturated carbocycles. The molecule has 1 unspecified atom stereocenters. The Balaban J connectivity index is 0.000000248. The molecule has 5 nitrogen and oxygen atoms in total. The van der Waals surface area contributed by atoms with E-state index in [4.69, 9.17) is 0 Å². The number of rotatable bonds is 5. The van der Waals surface area contributed by atoms with Crippen LogP contribution < -0.4 is 0 Å². The first-order valence-corrected chi connectivity index (χ1v) is 14.0. The minimum Gasteiger partial charge on any atom is -0.744 e. The van der Waals surface area contributed by atoms with Gasteiger partial charge in [0, 0.05) is 13.1 Å². The quantitative estimate of drug-likeness (QED) is 0.328. The van der Waals surface area contributed by atoms with Gasteiger partial charge in [0.2, 0.25) is 0 Å². The van der Waals surface area contributed by atoms with Gasteiger partial charge in [-0.1, -0.05) is 66.1 Å². The Labute approximate surface area is 206 Å². The molecule has 186 valence electrons. The van der Waals surface area contributed by atoms with Gasteiger partial charge in [-0.05, 0) is 57.2 Å². The van der Waals surface area contributed by atoms with Crippen molar-refractivity contribution in [3.05, 3.63) is 77.4 Å². The first-order chi connectivity index (χ1) is 16.2. The number of piperazine rings is 1. The second-order valence-electron chi connectivity index (χ2n) is 9.88. The minimum atomic E-state index is -4.27. The molecule has 1 atom stereocenters. The van der Waals surface area contributed by atoms with Crippen LogP contribution in [0.25, 0.3) is 0 Å². The number of likely N-dealkylation sites (N-methyl/N-ethyl adjacent to an activating group) is 1. The summed E-state index contributed by atoms with van der Waals surface area (Å²) in [6, 6.07) is 17.5. The lowest BCUT2D eigenvalue weighted by Gasteiger charge is -2.44. The van der Waals surface area contributed by atoms with E-state index in [9.17, 15) is 13.0 Å². The molecule has 0 spiro atoms. The van der Waals surface area contributed by atoms with Gasteiger partial charge in [0.25, 0.3) is 0 Å². The van der Waals surface area contributed by atoms with E-state index in [-0.39, 0.29) is 4.90 Å². The van der Waals surface area contributed by atoms with Crippen LogP contribution in [0.5, 0.6) is 0 Å². The predicted octanol–water partition coefficient (Wildman–Crippen LogP) is 5.30. The van der Waals surface area contributed by atoms with Crippen molar-refractivity contribution in [3.63, 3.8) is 0 Å². The molecule has 34 heavy (non-hydrogen) atoms. The minimum absolute atomic E-state index is 0.178. The molecular formula is C28H40N2O3S. The first kappa shape index (κ1) is 26.6. The van der Waals surface area contributed by atoms with E-state index in [1.165, 1.54) is 87.0 Å². The molecule has 1 saturated heterocycles. The molecule has 4 rings (SSSR count). The maximum absolute atomic E-state index is 10.4. The zero-order chi connectivity index (χ0) is 24.6. The molecule has 0 radical (unpaired) electrons. The Morgan fingerprint density at radius 1 is 0.971 bits per heavy atom. The van der Waals surface area contributed by atoms with Crippen LogP contribution in [0.1, 0.15) is 56.2 Å².